The summed E-state index contributed by atoms with van der Waals surface area (Å²) >= 11 is 12.9. The van der Waals surface area contributed by atoms with Gasteiger partial charge in [-0.3, -0.25) is 9.98 Å². The van der Waals surface area contributed by atoms with Gasteiger partial charge in [0, 0.05) is 44.5 Å². The third kappa shape index (κ3) is 5.61. The topological polar surface area (TPSA) is 79.2 Å². The number of aliphatic imine (C=N–C) groups is 2. The van der Waals surface area contributed by atoms with Crippen LogP contribution in [-0.2, 0) is 0 Å². The normalized spacial score (nSPS) is 12.7. The monoisotopic (exact) mass is 485 g/mol. The highest BCUT2D eigenvalue weighted by molar-refractivity contribution is 6.42. The van der Waals surface area contributed by atoms with Crippen molar-refractivity contribution in [3.8, 4) is 5.75 Å². The molecule has 1 amide bonds. The van der Waals surface area contributed by atoms with Gasteiger partial charge in [0.25, 0.3) is 0 Å². The van der Waals surface area contributed by atoms with E-state index in [-0.39, 0.29) is 0 Å². The highest BCUT2D eigenvalue weighted by atomic mass is 35.5. The molecule has 0 fully saturated rings. The van der Waals surface area contributed by atoms with Crippen LogP contribution in [0, 0.1) is 0 Å². The number of hydrogen-bond donors (Lipinski definition) is 1. The van der Waals surface area contributed by atoms with Crippen molar-refractivity contribution in [2.75, 3.05) is 21.1 Å². The number of hydrogen-bond acceptors (Lipinski definition) is 4. The predicted molar refractivity (Wildman–Crippen MR) is 135 cm³/mol. The van der Waals surface area contributed by atoms with Crippen molar-refractivity contribution < 1.29 is 9.53 Å². The van der Waals surface area contributed by atoms with Gasteiger partial charge in [-0.1, -0.05) is 60.5 Å². The first kappa shape index (κ1) is 24.5. The van der Waals surface area contributed by atoms with Crippen molar-refractivity contribution in [1.29, 1.82) is 0 Å². The van der Waals surface area contributed by atoms with E-state index in [9.17, 15) is 4.79 Å². The van der Waals surface area contributed by atoms with Crippen LogP contribution in [0.15, 0.2) is 58.6 Å². The second-order valence-electron chi connectivity index (χ2n) is 7.31. The zero-order valence-corrected chi connectivity index (χ0v) is 20.4. The quantitative estimate of drug-likeness (QED) is 0.368. The van der Waals surface area contributed by atoms with Crippen LogP contribution in [0.5, 0.6) is 5.75 Å². The number of pyridine rings is 1. The Bertz CT molecular complexity index is 1210. The number of carbonyl (C=O) groups excluding carboxylic acids is 1. The van der Waals surface area contributed by atoms with Gasteiger partial charge in [-0.05, 0) is 24.1 Å². The minimum Gasteiger partial charge on any atom is -0.407 e. The molecule has 172 valence electrons. The number of nitrogens with zero attached hydrogens (tertiary/aromatic N) is 4. The van der Waals surface area contributed by atoms with Gasteiger partial charge < -0.3 is 15.0 Å². The van der Waals surface area contributed by atoms with Crippen molar-refractivity contribution in [3.05, 3.63) is 69.8 Å². The van der Waals surface area contributed by atoms with Crippen LogP contribution in [0.2, 0.25) is 10.0 Å². The fourth-order valence-corrected chi connectivity index (χ4v) is 3.60. The molecule has 3 rings (SSSR count). The first-order valence-corrected chi connectivity index (χ1v) is 11.1. The third-order valence-corrected chi connectivity index (χ3v) is 5.63. The molecule has 0 spiro atoms. The van der Waals surface area contributed by atoms with Crippen molar-refractivity contribution >= 4 is 52.4 Å². The number of aromatic nitrogens is 1. The van der Waals surface area contributed by atoms with E-state index in [2.05, 4.69) is 20.3 Å². The Morgan fingerprint density at radius 2 is 1.97 bits per heavy atom. The van der Waals surface area contributed by atoms with Gasteiger partial charge in [0.2, 0.25) is 5.96 Å². The lowest BCUT2D eigenvalue weighted by molar-refractivity contribution is 0.172. The molecule has 0 aliphatic rings. The van der Waals surface area contributed by atoms with Gasteiger partial charge in [-0.2, -0.15) is 0 Å². The standard InChI is InChI=1S/C24H25Cl2N5O2/c1-5-13-29-23(27-2)30-21(16-9-6-10-18(25)19(16)26)17-12-11-15-8-7-14-28-20(15)22(17)33-24(32)31(3)4/h6-14,21H,5H2,1-4H3,(H,27,30)/b29-13-. The number of carbonyl (C=O) groups is 1. The minimum atomic E-state index is -0.583. The first-order valence-electron chi connectivity index (χ1n) is 10.3. The number of halogens is 2. The number of guanidine groups is 1. The van der Waals surface area contributed by atoms with Crippen molar-refractivity contribution in [3.63, 3.8) is 0 Å². The van der Waals surface area contributed by atoms with E-state index in [0.29, 0.717) is 38.4 Å². The Hall–Kier alpha value is -3.16. The van der Waals surface area contributed by atoms with E-state index in [1.165, 1.54) is 4.90 Å². The molecule has 0 bridgehead atoms. The summed E-state index contributed by atoms with van der Waals surface area (Å²) in [6, 6.07) is 12.3. The average molecular weight is 486 g/mol. The average Bonchev–Trinajstić information content (AvgIpc) is 2.82. The summed E-state index contributed by atoms with van der Waals surface area (Å²) in [4.78, 5) is 27.0. The van der Waals surface area contributed by atoms with E-state index in [1.54, 1.807) is 45.7 Å². The van der Waals surface area contributed by atoms with Crippen LogP contribution in [-0.4, -0.2) is 49.3 Å². The molecule has 9 heteroatoms. The lowest BCUT2D eigenvalue weighted by Crippen LogP contribution is -2.30. The van der Waals surface area contributed by atoms with Crippen molar-refractivity contribution in [2.45, 2.75) is 19.4 Å². The number of ether oxygens (including phenoxy) is 1. The van der Waals surface area contributed by atoms with E-state index in [0.717, 1.165) is 11.8 Å². The van der Waals surface area contributed by atoms with Crippen molar-refractivity contribution in [2.24, 2.45) is 9.98 Å². The van der Waals surface area contributed by atoms with Crippen LogP contribution >= 0.6 is 23.2 Å². The van der Waals surface area contributed by atoms with Crippen LogP contribution in [0.3, 0.4) is 0 Å². The molecule has 0 aliphatic carbocycles. The first-order chi connectivity index (χ1) is 15.9. The Kier molecular flexibility index (Phi) is 8.25. The molecule has 7 nitrogen and oxygen atoms in total. The third-order valence-electron chi connectivity index (χ3n) is 4.80. The molecule has 33 heavy (non-hydrogen) atoms. The number of benzene rings is 2. The molecule has 2 aromatic carbocycles. The van der Waals surface area contributed by atoms with Crippen LogP contribution in [0.1, 0.15) is 30.5 Å². The van der Waals surface area contributed by atoms with Gasteiger partial charge in [0.15, 0.2) is 5.75 Å². The molecule has 1 atom stereocenters. The van der Waals surface area contributed by atoms with E-state index >= 15 is 0 Å². The SMILES string of the molecule is CC/C=N\C(=NC)NC(c1cccc(Cl)c1Cl)c1ccc2cccnc2c1OC(=O)N(C)C. The van der Waals surface area contributed by atoms with E-state index in [1.807, 2.05) is 37.3 Å². The number of nitrogens with one attached hydrogen (secondary N) is 1. The Morgan fingerprint density at radius 1 is 1.18 bits per heavy atom. The summed E-state index contributed by atoms with van der Waals surface area (Å²) in [5.74, 6) is 0.708. The maximum Gasteiger partial charge on any atom is 0.414 e. The molecular weight excluding hydrogens is 461 g/mol. The molecule has 3 aromatic rings. The zero-order chi connectivity index (χ0) is 24.0. The molecule has 0 radical (unpaired) electrons. The smallest absolute Gasteiger partial charge is 0.407 e. The van der Waals surface area contributed by atoms with Crippen LogP contribution in [0.4, 0.5) is 4.79 Å². The Labute approximate surface area is 203 Å². The number of rotatable bonds is 5. The summed E-state index contributed by atoms with van der Waals surface area (Å²) < 4.78 is 5.82. The highest BCUT2D eigenvalue weighted by Gasteiger charge is 2.26. The number of amides is 1. The van der Waals surface area contributed by atoms with Crippen LogP contribution in [0.25, 0.3) is 10.9 Å². The van der Waals surface area contributed by atoms with Gasteiger partial charge in [-0.15, -0.1) is 0 Å². The van der Waals surface area contributed by atoms with Crippen LogP contribution < -0.4 is 10.1 Å². The number of fused-ring (bicyclic) bond motifs is 1. The Morgan fingerprint density at radius 3 is 2.67 bits per heavy atom. The summed E-state index contributed by atoms with van der Waals surface area (Å²) in [5.41, 5.74) is 1.85. The fourth-order valence-electron chi connectivity index (χ4n) is 3.18. The second-order valence-corrected chi connectivity index (χ2v) is 8.09. The van der Waals surface area contributed by atoms with E-state index < -0.39 is 12.1 Å². The summed E-state index contributed by atoms with van der Waals surface area (Å²) in [6.07, 6.45) is 3.62. The second kappa shape index (κ2) is 11.1. The molecule has 1 aromatic heterocycles. The molecule has 1 heterocycles. The molecule has 0 aliphatic heterocycles. The fraction of sp³-hybridized carbons (Fsp3) is 0.250. The minimum absolute atomic E-state index is 0.315. The predicted octanol–water partition coefficient (Wildman–Crippen LogP) is 5.75. The molecule has 1 N–H and O–H groups in total. The maximum absolute atomic E-state index is 12.6. The molecular formula is C24H25Cl2N5O2. The molecule has 0 saturated heterocycles. The van der Waals surface area contributed by atoms with Gasteiger partial charge in [-0.25, -0.2) is 9.79 Å². The lowest BCUT2D eigenvalue weighted by Gasteiger charge is -2.25. The largest absolute Gasteiger partial charge is 0.414 e. The highest BCUT2D eigenvalue weighted by Crippen LogP contribution is 2.39. The van der Waals surface area contributed by atoms with E-state index in [4.69, 9.17) is 27.9 Å². The molecule has 0 saturated carbocycles. The van der Waals surface area contributed by atoms with Gasteiger partial charge >= 0.3 is 6.09 Å². The lowest BCUT2D eigenvalue weighted by atomic mass is 9.96. The van der Waals surface area contributed by atoms with Crippen molar-refractivity contribution in [1.82, 2.24) is 15.2 Å². The summed E-state index contributed by atoms with van der Waals surface area (Å²) in [5, 5.41) is 4.92. The van der Waals surface area contributed by atoms with Gasteiger partial charge in [0.1, 0.15) is 5.52 Å². The maximum atomic E-state index is 12.6. The van der Waals surface area contributed by atoms with Gasteiger partial charge in [0.05, 0.1) is 16.1 Å². The summed E-state index contributed by atoms with van der Waals surface area (Å²) in [7, 11) is 4.87. The summed E-state index contributed by atoms with van der Waals surface area (Å²) in [6.45, 7) is 1.98. The Balaban J connectivity index is 2.26. The molecule has 1 unspecified atom stereocenters. The zero-order valence-electron chi connectivity index (χ0n) is 18.8.